The summed E-state index contributed by atoms with van der Waals surface area (Å²) in [5.41, 5.74) is 0.926. The molecule has 0 saturated heterocycles. The van der Waals surface area contributed by atoms with Crippen LogP contribution in [-0.2, 0) is 16.6 Å². The second-order valence-corrected chi connectivity index (χ2v) is 5.87. The SMILES string of the molecule is Cc1n[nH]c(C)c1S(=O)(=O)NCc1ccc(Cl)o1. The van der Waals surface area contributed by atoms with Gasteiger partial charge >= 0.3 is 0 Å². The average Bonchev–Trinajstić information content (AvgIpc) is 2.83. The second-order valence-electron chi connectivity index (χ2n) is 3.79. The van der Waals surface area contributed by atoms with E-state index in [0.29, 0.717) is 17.1 Å². The third kappa shape index (κ3) is 2.58. The highest BCUT2D eigenvalue weighted by molar-refractivity contribution is 7.89. The molecule has 2 heterocycles. The number of H-pyrrole nitrogens is 1. The Hall–Kier alpha value is -1.31. The number of furan rings is 1. The van der Waals surface area contributed by atoms with Crippen molar-refractivity contribution in [2.24, 2.45) is 0 Å². The molecule has 0 aromatic carbocycles. The molecule has 98 valence electrons. The molecule has 2 aromatic rings. The predicted octanol–water partition coefficient (Wildman–Crippen LogP) is 1.75. The van der Waals surface area contributed by atoms with Crippen molar-refractivity contribution in [3.63, 3.8) is 0 Å². The van der Waals surface area contributed by atoms with Gasteiger partial charge in [-0.2, -0.15) is 5.10 Å². The van der Waals surface area contributed by atoms with E-state index in [-0.39, 0.29) is 16.7 Å². The van der Waals surface area contributed by atoms with Crippen LogP contribution < -0.4 is 4.72 Å². The van der Waals surface area contributed by atoms with Crippen LogP contribution in [0.15, 0.2) is 21.4 Å². The summed E-state index contributed by atoms with van der Waals surface area (Å²) in [7, 11) is -3.61. The summed E-state index contributed by atoms with van der Waals surface area (Å²) in [6.45, 7) is 3.32. The number of nitrogens with zero attached hydrogens (tertiary/aromatic N) is 1. The minimum Gasteiger partial charge on any atom is -0.448 e. The lowest BCUT2D eigenvalue weighted by Crippen LogP contribution is -2.24. The van der Waals surface area contributed by atoms with Crippen LogP contribution in [0.2, 0.25) is 5.22 Å². The van der Waals surface area contributed by atoms with Crippen LogP contribution in [0, 0.1) is 13.8 Å². The van der Waals surface area contributed by atoms with Crippen LogP contribution in [0.1, 0.15) is 17.1 Å². The van der Waals surface area contributed by atoms with Crippen LogP contribution in [0.5, 0.6) is 0 Å². The molecular formula is C10H12ClN3O3S. The van der Waals surface area contributed by atoms with Gasteiger partial charge in [-0.25, -0.2) is 13.1 Å². The van der Waals surface area contributed by atoms with Gasteiger partial charge in [0.1, 0.15) is 10.7 Å². The molecular weight excluding hydrogens is 278 g/mol. The Balaban J connectivity index is 2.18. The van der Waals surface area contributed by atoms with E-state index in [1.54, 1.807) is 26.0 Å². The van der Waals surface area contributed by atoms with Gasteiger partial charge in [0.05, 0.1) is 17.9 Å². The molecule has 0 aliphatic carbocycles. The zero-order chi connectivity index (χ0) is 13.3. The quantitative estimate of drug-likeness (QED) is 0.897. The minimum absolute atomic E-state index is 0.0408. The molecule has 0 spiro atoms. The van der Waals surface area contributed by atoms with Crippen molar-refractivity contribution in [3.8, 4) is 0 Å². The standard InChI is InChI=1S/C10H12ClN3O3S/c1-6-10(7(2)14-13-6)18(15,16)12-5-8-3-4-9(11)17-8/h3-4,12H,5H2,1-2H3,(H,13,14). The first kappa shape index (κ1) is 13.1. The van der Waals surface area contributed by atoms with Crippen molar-refractivity contribution in [1.82, 2.24) is 14.9 Å². The van der Waals surface area contributed by atoms with Crippen molar-refractivity contribution >= 4 is 21.6 Å². The van der Waals surface area contributed by atoms with Crippen LogP contribution in [-0.4, -0.2) is 18.6 Å². The Morgan fingerprint density at radius 2 is 2.17 bits per heavy atom. The fourth-order valence-electron chi connectivity index (χ4n) is 1.62. The zero-order valence-electron chi connectivity index (χ0n) is 9.82. The normalized spacial score (nSPS) is 11.9. The number of sulfonamides is 1. The highest BCUT2D eigenvalue weighted by Gasteiger charge is 2.22. The molecule has 0 amide bonds. The number of hydrogen-bond donors (Lipinski definition) is 2. The van der Waals surface area contributed by atoms with E-state index in [1.807, 2.05) is 0 Å². The first-order valence-electron chi connectivity index (χ1n) is 5.15. The highest BCUT2D eigenvalue weighted by Crippen LogP contribution is 2.18. The molecule has 0 unspecified atom stereocenters. The second kappa shape index (κ2) is 4.75. The smallest absolute Gasteiger partial charge is 0.244 e. The van der Waals surface area contributed by atoms with Crippen LogP contribution in [0.3, 0.4) is 0 Å². The van der Waals surface area contributed by atoms with Crippen LogP contribution in [0.4, 0.5) is 0 Å². The van der Waals surface area contributed by atoms with Crippen molar-refractivity contribution in [2.75, 3.05) is 0 Å². The van der Waals surface area contributed by atoms with E-state index in [1.165, 1.54) is 0 Å². The summed E-state index contributed by atoms with van der Waals surface area (Å²) < 4.78 is 31.6. The van der Waals surface area contributed by atoms with E-state index in [4.69, 9.17) is 16.0 Å². The zero-order valence-corrected chi connectivity index (χ0v) is 11.4. The number of aromatic amines is 1. The van der Waals surface area contributed by atoms with Gasteiger partial charge in [-0.15, -0.1) is 0 Å². The third-order valence-corrected chi connectivity index (χ3v) is 4.26. The van der Waals surface area contributed by atoms with E-state index < -0.39 is 10.0 Å². The minimum atomic E-state index is -3.61. The van der Waals surface area contributed by atoms with Gasteiger partial charge in [0.2, 0.25) is 10.0 Å². The fourth-order valence-corrected chi connectivity index (χ4v) is 3.14. The van der Waals surface area contributed by atoms with Gasteiger partial charge < -0.3 is 4.42 Å². The maximum atomic E-state index is 12.1. The predicted molar refractivity (Wildman–Crippen MR) is 65.8 cm³/mol. The molecule has 18 heavy (non-hydrogen) atoms. The largest absolute Gasteiger partial charge is 0.448 e. The molecule has 0 radical (unpaired) electrons. The van der Waals surface area contributed by atoms with Gasteiger partial charge in [0, 0.05) is 0 Å². The summed E-state index contributed by atoms with van der Waals surface area (Å²) >= 11 is 5.60. The van der Waals surface area contributed by atoms with E-state index in [9.17, 15) is 8.42 Å². The van der Waals surface area contributed by atoms with Gasteiger partial charge in [-0.1, -0.05) is 0 Å². The Kier molecular flexibility index (Phi) is 3.47. The Morgan fingerprint density at radius 3 is 2.67 bits per heavy atom. The molecule has 0 aliphatic rings. The molecule has 2 rings (SSSR count). The van der Waals surface area contributed by atoms with E-state index in [2.05, 4.69) is 14.9 Å². The van der Waals surface area contributed by atoms with E-state index in [0.717, 1.165) is 0 Å². The molecule has 8 heteroatoms. The lowest BCUT2D eigenvalue weighted by atomic mass is 10.4. The summed E-state index contributed by atoms with van der Waals surface area (Å²) in [6, 6.07) is 3.17. The highest BCUT2D eigenvalue weighted by atomic mass is 35.5. The number of rotatable bonds is 4. The summed E-state index contributed by atoms with van der Waals surface area (Å²) in [6.07, 6.45) is 0. The van der Waals surface area contributed by atoms with Gasteiger partial charge in [0.25, 0.3) is 0 Å². The molecule has 6 nitrogen and oxygen atoms in total. The number of nitrogens with one attached hydrogen (secondary N) is 2. The van der Waals surface area contributed by atoms with Gasteiger partial charge in [0.15, 0.2) is 5.22 Å². The molecule has 2 N–H and O–H groups in total. The number of aromatic nitrogens is 2. The Bertz CT molecular complexity index is 640. The average molecular weight is 290 g/mol. The summed E-state index contributed by atoms with van der Waals surface area (Å²) in [5, 5.41) is 6.71. The maximum absolute atomic E-state index is 12.1. The van der Waals surface area contributed by atoms with Crippen molar-refractivity contribution in [2.45, 2.75) is 25.3 Å². The number of aryl methyl sites for hydroxylation is 2. The van der Waals surface area contributed by atoms with Gasteiger partial charge in [-0.05, 0) is 37.6 Å². The monoisotopic (exact) mass is 289 g/mol. The maximum Gasteiger partial charge on any atom is 0.244 e. The summed E-state index contributed by atoms with van der Waals surface area (Å²) in [5.74, 6) is 0.447. The fraction of sp³-hybridized carbons (Fsp3) is 0.300. The van der Waals surface area contributed by atoms with E-state index >= 15 is 0 Å². The van der Waals surface area contributed by atoms with Crippen LogP contribution >= 0.6 is 11.6 Å². The Labute approximate surface area is 109 Å². The Morgan fingerprint density at radius 1 is 1.44 bits per heavy atom. The topological polar surface area (TPSA) is 88.0 Å². The molecule has 2 aromatic heterocycles. The number of halogens is 1. The first-order valence-corrected chi connectivity index (χ1v) is 7.01. The van der Waals surface area contributed by atoms with Gasteiger partial charge in [-0.3, -0.25) is 5.10 Å². The summed E-state index contributed by atoms with van der Waals surface area (Å²) in [4.78, 5) is 0.167. The number of hydrogen-bond acceptors (Lipinski definition) is 4. The molecule has 0 bridgehead atoms. The molecule has 0 aliphatic heterocycles. The van der Waals surface area contributed by atoms with Crippen LogP contribution in [0.25, 0.3) is 0 Å². The van der Waals surface area contributed by atoms with Crippen molar-refractivity contribution in [3.05, 3.63) is 34.5 Å². The molecule has 0 atom stereocenters. The first-order chi connectivity index (χ1) is 8.40. The molecule has 0 fully saturated rings. The molecule has 0 saturated carbocycles. The van der Waals surface area contributed by atoms with Crippen molar-refractivity contribution in [1.29, 1.82) is 0 Å². The lowest BCUT2D eigenvalue weighted by molar-refractivity contribution is 0.500. The lowest BCUT2D eigenvalue weighted by Gasteiger charge is -2.05. The third-order valence-electron chi connectivity index (χ3n) is 2.39. The van der Waals surface area contributed by atoms with Crippen molar-refractivity contribution < 1.29 is 12.8 Å².